The third-order valence-corrected chi connectivity index (χ3v) is 3.44. The smallest absolute Gasteiger partial charge is 0.451 e. The predicted octanol–water partition coefficient (Wildman–Crippen LogP) is -1.38. The van der Waals surface area contributed by atoms with Crippen LogP contribution < -0.4 is 11.5 Å². The summed E-state index contributed by atoms with van der Waals surface area (Å²) in [7, 11) is -1.35. The Morgan fingerprint density at radius 2 is 1.94 bits per heavy atom. The SMILES string of the molecule is NCC1C[C@](N)(C(=O)O)CC1CCB(O)O. The maximum Gasteiger partial charge on any atom is 0.451 e. The van der Waals surface area contributed by atoms with Gasteiger partial charge in [0.15, 0.2) is 0 Å². The van der Waals surface area contributed by atoms with Crippen LogP contribution in [0.4, 0.5) is 0 Å². The molecule has 3 atom stereocenters. The third-order valence-electron chi connectivity index (χ3n) is 3.44. The van der Waals surface area contributed by atoms with Gasteiger partial charge in [0.05, 0.1) is 0 Å². The van der Waals surface area contributed by atoms with E-state index < -0.39 is 18.6 Å². The maximum atomic E-state index is 11.0. The molecule has 7 N–H and O–H groups in total. The van der Waals surface area contributed by atoms with Crippen molar-refractivity contribution in [2.45, 2.75) is 31.1 Å². The highest BCUT2D eigenvalue weighted by Crippen LogP contribution is 2.40. The van der Waals surface area contributed by atoms with E-state index in [4.69, 9.17) is 26.6 Å². The van der Waals surface area contributed by atoms with Crippen LogP contribution in [0.3, 0.4) is 0 Å². The number of rotatable bonds is 5. The zero-order valence-electron chi connectivity index (χ0n) is 9.17. The highest BCUT2D eigenvalue weighted by molar-refractivity contribution is 6.40. The summed E-state index contributed by atoms with van der Waals surface area (Å²) in [6.45, 7) is 0.387. The minimum atomic E-state index is -1.35. The first-order valence-corrected chi connectivity index (χ1v) is 5.47. The van der Waals surface area contributed by atoms with E-state index in [0.29, 0.717) is 25.8 Å². The molecule has 1 saturated carbocycles. The van der Waals surface area contributed by atoms with Crippen molar-refractivity contribution < 1.29 is 19.9 Å². The van der Waals surface area contributed by atoms with Crippen molar-refractivity contribution in [2.75, 3.05) is 6.54 Å². The molecule has 1 aliphatic rings. The van der Waals surface area contributed by atoms with Gasteiger partial charge < -0.3 is 26.6 Å². The molecular weight excluding hydrogens is 211 g/mol. The quantitative estimate of drug-likeness (QED) is 0.370. The molecule has 0 aromatic carbocycles. The molecule has 2 unspecified atom stereocenters. The fourth-order valence-corrected chi connectivity index (χ4v) is 2.50. The van der Waals surface area contributed by atoms with E-state index in [9.17, 15) is 4.79 Å². The van der Waals surface area contributed by atoms with Gasteiger partial charge in [0, 0.05) is 0 Å². The molecule has 6 nitrogen and oxygen atoms in total. The molecule has 0 amide bonds. The fraction of sp³-hybridized carbons (Fsp3) is 0.889. The van der Waals surface area contributed by atoms with Crippen molar-refractivity contribution in [3.05, 3.63) is 0 Å². The van der Waals surface area contributed by atoms with E-state index in [1.807, 2.05) is 0 Å². The largest absolute Gasteiger partial charge is 0.480 e. The topological polar surface area (TPSA) is 130 Å². The Hall–Kier alpha value is -0.625. The Labute approximate surface area is 94.8 Å². The van der Waals surface area contributed by atoms with Gasteiger partial charge in [0.25, 0.3) is 0 Å². The van der Waals surface area contributed by atoms with Gasteiger partial charge in [-0.1, -0.05) is 6.42 Å². The average Bonchev–Trinajstić information content (AvgIpc) is 2.53. The van der Waals surface area contributed by atoms with E-state index in [0.717, 1.165) is 0 Å². The van der Waals surface area contributed by atoms with E-state index in [-0.39, 0.29) is 18.2 Å². The highest BCUT2D eigenvalue weighted by Gasteiger charge is 2.47. The standard InChI is InChI=1S/C9H19BN2O4/c11-5-7-4-9(12,8(13)14)3-6(7)1-2-10(15)16/h6-7,15-16H,1-5,11-12H2,(H,13,14)/t6?,7?,9-/m0/s1. The van der Waals surface area contributed by atoms with Crippen molar-refractivity contribution in [1.82, 2.24) is 0 Å². The number of carbonyl (C=O) groups is 1. The van der Waals surface area contributed by atoms with Crippen LogP contribution in [-0.2, 0) is 4.79 Å². The number of nitrogens with two attached hydrogens (primary N) is 2. The number of hydrogen-bond acceptors (Lipinski definition) is 5. The van der Waals surface area contributed by atoms with Gasteiger partial charge in [-0.05, 0) is 37.5 Å². The second kappa shape index (κ2) is 5.14. The Bertz CT molecular complexity index is 264. The second-order valence-corrected chi connectivity index (χ2v) is 4.68. The van der Waals surface area contributed by atoms with E-state index in [1.165, 1.54) is 0 Å². The minimum absolute atomic E-state index is 0.0554. The number of carboxylic acids is 1. The van der Waals surface area contributed by atoms with Crippen LogP contribution in [0, 0.1) is 11.8 Å². The summed E-state index contributed by atoms with van der Waals surface area (Å²) < 4.78 is 0. The lowest BCUT2D eigenvalue weighted by molar-refractivity contribution is -0.143. The summed E-state index contributed by atoms with van der Waals surface area (Å²) in [6.07, 6.45) is 1.50. The fourth-order valence-electron chi connectivity index (χ4n) is 2.50. The van der Waals surface area contributed by atoms with Gasteiger partial charge >= 0.3 is 13.1 Å². The average molecular weight is 230 g/mol. The Balaban J connectivity index is 2.60. The van der Waals surface area contributed by atoms with Crippen LogP contribution in [0.5, 0.6) is 0 Å². The molecule has 0 bridgehead atoms. The molecule has 0 aliphatic heterocycles. The van der Waals surface area contributed by atoms with Crippen LogP contribution >= 0.6 is 0 Å². The van der Waals surface area contributed by atoms with Gasteiger partial charge in [0.1, 0.15) is 5.54 Å². The molecule has 0 aromatic heterocycles. The molecule has 0 heterocycles. The third kappa shape index (κ3) is 2.94. The summed E-state index contributed by atoms with van der Waals surface area (Å²) in [6, 6.07) is 0. The molecule has 0 saturated heterocycles. The summed E-state index contributed by atoms with van der Waals surface area (Å²) in [5, 5.41) is 26.6. The normalized spacial score (nSPS) is 34.0. The van der Waals surface area contributed by atoms with Crippen LogP contribution in [0.25, 0.3) is 0 Å². The van der Waals surface area contributed by atoms with Crippen LogP contribution in [-0.4, -0.2) is 40.3 Å². The summed E-state index contributed by atoms with van der Waals surface area (Å²) >= 11 is 0. The molecule has 7 heteroatoms. The predicted molar refractivity (Wildman–Crippen MR) is 59.4 cm³/mol. The van der Waals surface area contributed by atoms with Crippen LogP contribution in [0.1, 0.15) is 19.3 Å². The molecule has 16 heavy (non-hydrogen) atoms. The Morgan fingerprint density at radius 1 is 1.38 bits per heavy atom. The van der Waals surface area contributed by atoms with Crippen molar-refractivity contribution >= 4 is 13.1 Å². The lowest BCUT2D eigenvalue weighted by Crippen LogP contribution is -2.45. The summed E-state index contributed by atoms with van der Waals surface area (Å²) in [4.78, 5) is 11.0. The van der Waals surface area contributed by atoms with Gasteiger partial charge in [-0.3, -0.25) is 4.79 Å². The molecule has 1 rings (SSSR count). The van der Waals surface area contributed by atoms with Crippen molar-refractivity contribution in [3.63, 3.8) is 0 Å². The first-order valence-electron chi connectivity index (χ1n) is 5.47. The van der Waals surface area contributed by atoms with Crippen molar-refractivity contribution in [1.29, 1.82) is 0 Å². The number of aliphatic carboxylic acids is 1. The van der Waals surface area contributed by atoms with Gasteiger partial charge in [-0.15, -0.1) is 0 Å². The first-order chi connectivity index (χ1) is 7.39. The summed E-state index contributed by atoms with van der Waals surface area (Å²) in [5.74, 6) is -0.884. The molecule has 0 aromatic rings. The summed E-state index contributed by atoms with van der Waals surface area (Å²) in [5.41, 5.74) is 10.2. The molecule has 0 spiro atoms. The molecule has 1 fully saturated rings. The van der Waals surface area contributed by atoms with Crippen LogP contribution in [0.15, 0.2) is 0 Å². The number of hydrogen-bond donors (Lipinski definition) is 5. The molecule has 1 aliphatic carbocycles. The Morgan fingerprint density at radius 3 is 2.38 bits per heavy atom. The van der Waals surface area contributed by atoms with Crippen LogP contribution in [0.2, 0.25) is 6.32 Å². The van der Waals surface area contributed by atoms with Gasteiger partial charge in [0.2, 0.25) is 0 Å². The highest BCUT2D eigenvalue weighted by atomic mass is 16.4. The zero-order valence-corrected chi connectivity index (χ0v) is 9.17. The number of carboxylic acid groups (broad SMARTS) is 1. The van der Waals surface area contributed by atoms with E-state index in [1.54, 1.807) is 0 Å². The zero-order chi connectivity index (χ0) is 12.3. The van der Waals surface area contributed by atoms with Gasteiger partial charge in [-0.25, -0.2) is 0 Å². The van der Waals surface area contributed by atoms with Crippen molar-refractivity contribution in [3.8, 4) is 0 Å². The Kier molecular flexibility index (Phi) is 4.31. The van der Waals surface area contributed by atoms with Gasteiger partial charge in [-0.2, -0.15) is 0 Å². The monoisotopic (exact) mass is 230 g/mol. The molecule has 92 valence electrons. The molecular formula is C9H19BN2O4. The van der Waals surface area contributed by atoms with Crippen molar-refractivity contribution in [2.24, 2.45) is 23.3 Å². The lowest BCUT2D eigenvalue weighted by Gasteiger charge is -2.17. The first kappa shape index (κ1) is 13.4. The second-order valence-electron chi connectivity index (χ2n) is 4.68. The maximum absolute atomic E-state index is 11.0. The minimum Gasteiger partial charge on any atom is -0.480 e. The molecule has 0 radical (unpaired) electrons. The lowest BCUT2D eigenvalue weighted by atomic mass is 9.78. The van der Waals surface area contributed by atoms with E-state index >= 15 is 0 Å². The van der Waals surface area contributed by atoms with E-state index in [2.05, 4.69) is 0 Å².